The molecule has 18 heavy (non-hydrogen) atoms. The normalized spacial score (nSPS) is 11.1. The van der Waals surface area contributed by atoms with Gasteiger partial charge in [0.25, 0.3) is 0 Å². The molecule has 2 aromatic heterocycles. The molecule has 1 N–H and O–H groups in total. The summed E-state index contributed by atoms with van der Waals surface area (Å²) in [5, 5.41) is 0. The van der Waals surface area contributed by atoms with Crippen LogP contribution in [-0.2, 0) is 0 Å². The topological polar surface area (TPSA) is 54.5 Å². The van der Waals surface area contributed by atoms with Gasteiger partial charge in [-0.3, -0.25) is 0 Å². The van der Waals surface area contributed by atoms with Crippen LogP contribution < -0.4 is 0 Å². The fourth-order valence-electron chi connectivity index (χ4n) is 1.59. The highest BCUT2D eigenvalue weighted by Gasteiger charge is 2.14. The molecule has 0 fully saturated rings. The molecule has 0 aliphatic rings. The van der Waals surface area contributed by atoms with E-state index in [2.05, 4.69) is 19.9 Å². The number of nitrogens with zero attached hydrogens (tertiary/aromatic N) is 3. The predicted octanol–water partition coefficient (Wildman–Crippen LogP) is 2.44. The number of nitrogens with one attached hydrogen (secondary N) is 1. The molecule has 0 bridgehead atoms. The highest BCUT2D eigenvalue weighted by Crippen LogP contribution is 2.22. The zero-order valence-electron chi connectivity index (χ0n) is 8.78. The van der Waals surface area contributed by atoms with E-state index in [0.29, 0.717) is 11.2 Å². The van der Waals surface area contributed by atoms with Gasteiger partial charge in [0.2, 0.25) is 0 Å². The molecule has 4 nitrogen and oxygen atoms in total. The largest absolute Gasteiger partial charge is 0.335 e. The zero-order chi connectivity index (χ0) is 12.7. The summed E-state index contributed by atoms with van der Waals surface area (Å²) in [5.41, 5.74) is 0.993. The van der Waals surface area contributed by atoms with Gasteiger partial charge in [0.15, 0.2) is 23.1 Å². The van der Waals surface area contributed by atoms with Crippen LogP contribution >= 0.6 is 0 Å². The van der Waals surface area contributed by atoms with E-state index in [9.17, 15) is 13.2 Å². The van der Waals surface area contributed by atoms with Gasteiger partial charge in [-0.15, -0.1) is 0 Å². The number of hydrogen-bond donors (Lipinski definition) is 1. The Morgan fingerprint density at radius 2 is 1.78 bits per heavy atom. The van der Waals surface area contributed by atoms with Gasteiger partial charge in [-0.2, -0.15) is 0 Å². The van der Waals surface area contributed by atoms with Crippen molar-refractivity contribution in [1.29, 1.82) is 0 Å². The summed E-state index contributed by atoms with van der Waals surface area (Å²) in [7, 11) is 0. The molecule has 0 amide bonds. The number of benzene rings is 1. The van der Waals surface area contributed by atoms with Crippen LogP contribution in [0.25, 0.3) is 22.6 Å². The monoisotopic (exact) mass is 250 g/mol. The average Bonchev–Trinajstić information content (AvgIpc) is 2.79. The molecule has 7 heteroatoms. The Bertz CT molecular complexity index is 682. The Hall–Kier alpha value is -2.44. The third-order valence-corrected chi connectivity index (χ3v) is 2.42. The SMILES string of the molecule is Fc1cc(-c2nc3ncncc3[nH]2)cc(F)c1F. The highest BCUT2D eigenvalue weighted by atomic mass is 19.2. The lowest BCUT2D eigenvalue weighted by Gasteiger charge is -1.99. The van der Waals surface area contributed by atoms with Gasteiger partial charge in [0.1, 0.15) is 17.7 Å². The second-order valence-corrected chi connectivity index (χ2v) is 3.60. The van der Waals surface area contributed by atoms with Gasteiger partial charge in [-0.25, -0.2) is 28.1 Å². The third kappa shape index (κ3) is 1.60. The summed E-state index contributed by atoms with van der Waals surface area (Å²) >= 11 is 0. The Balaban J connectivity index is 2.20. The second-order valence-electron chi connectivity index (χ2n) is 3.60. The number of aromatic nitrogens is 4. The fourth-order valence-corrected chi connectivity index (χ4v) is 1.59. The van der Waals surface area contributed by atoms with E-state index in [-0.39, 0.29) is 11.4 Å². The molecule has 0 atom stereocenters. The molecule has 2 heterocycles. The second kappa shape index (κ2) is 3.80. The molecule has 1 aromatic carbocycles. The lowest BCUT2D eigenvalue weighted by Crippen LogP contribution is -1.92. The van der Waals surface area contributed by atoms with Crippen molar-refractivity contribution in [1.82, 2.24) is 19.9 Å². The van der Waals surface area contributed by atoms with Crippen LogP contribution in [0.2, 0.25) is 0 Å². The van der Waals surface area contributed by atoms with Crippen LogP contribution in [0.4, 0.5) is 13.2 Å². The lowest BCUT2D eigenvalue weighted by molar-refractivity contribution is 0.447. The van der Waals surface area contributed by atoms with Crippen molar-refractivity contribution in [2.45, 2.75) is 0 Å². The minimum atomic E-state index is -1.50. The zero-order valence-corrected chi connectivity index (χ0v) is 8.78. The van der Waals surface area contributed by atoms with Crippen molar-refractivity contribution in [3.05, 3.63) is 42.1 Å². The van der Waals surface area contributed by atoms with E-state index in [1.165, 1.54) is 12.5 Å². The number of H-pyrrole nitrogens is 1. The number of halogens is 3. The van der Waals surface area contributed by atoms with E-state index in [1.54, 1.807) is 0 Å². The molecule has 0 saturated heterocycles. The Morgan fingerprint density at radius 3 is 2.44 bits per heavy atom. The van der Waals surface area contributed by atoms with Gasteiger partial charge in [0.05, 0.1) is 6.20 Å². The number of hydrogen-bond acceptors (Lipinski definition) is 3. The molecule has 3 rings (SSSR count). The van der Waals surface area contributed by atoms with Crippen molar-refractivity contribution in [2.24, 2.45) is 0 Å². The summed E-state index contributed by atoms with van der Waals surface area (Å²) in [6.45, 7) is 0. The molecule has 0 radical (unpaired) electrons. The van der Waals surface area contributed by atoms with Crippen LogP contribution in [0.1, 0.15) is 0 Å². The molecule has 0 unspecified atom stereocenters. The smallest absolute Gasteiger partial charge is 0.194 e. The number of imidazole rings is 1. The standard InChI is InChI=1S/C11H5F3N4/c12-6-1-5(2-7(13)9(6)14)10-17-8-3-15-4-16-11(8)18-10/h1-4H,(H,15,16,17,18). The Morgan fingerprint density at radius 1 is 1.06 bits per heavy atom. The van der Waals surface area contributed by atoms with Crippen molar-refractivity contribution in [2.75, 3.05) is 0 Å². The number of rotatable bonds is 1. The summed E-state index contributed by atoms with van der Waals surface area (Å²) in [6, 6.07) is 1.73. The molecule has 0 aliphatic heterocycles. The first kappa shape index (κ1) is 10.7. The van der Waals surface area contributed by atoms with Crippen LogP contribution in [-0.4, -0.2) is 19.9 Å². The highest BCUT2D eigenvalue weighted by molar-refractivity contribution is 5.74. The molecule has 0 aliphatic carbocycles. The molecule has 90 valence electrons. The molecule has 0 spiro atoms. The van der Waals surface area contributed by atoms with Crippen LogP contribution in [0.3, 0.4) is 0 Å². The maximum Gasteiger partial charge on any atom is 0.194 e. The average molecular weight is 250 g/mol. The summed E-state index contributed by atoms with van der Waals surface area (Å²) in [4.78, 5) is 14.5. The van der Waals surface area contributed by atoms with Crippen molar-refractivity contribution in [3.8, 4) is 11.4 Å². The first-order chi connectivity index (χ1) is 8.65. The molecule has 0 saturated carbocycles. The van der Waals surface area contributed by atoms with Crippen molar-refractivity contribution >= 4 is 11.2 Å². The third-order valence-electron chi connectivity index (χ3n) is 2.42. The Kier molecular flexibility index (Phi) is 2.26. The lowest BCUT2D eigenvalue weighted by atomic mass is 10.2. The quantitative estimate of drug-likeness (QED) is 0.675. The molecular formula is C11H5F3N4. The van der Waals surface area contributed by atoms with Crippen LogP contribution in [0, 0.1) is 17.5 Å². The van der Waals surface area contributed by atoms with Crippen LogP contribution in [0.5, 0.6) is 0 Å². The molecular weight excluding hydrogens is 245 g/mol. The van der Waals surface area contributed by atoms with Crippen molar-refractivity contribution < 1.29 is 13.2 Å². The number of aromatic amines is 1. The van der Waals surface area contributed by atoms with Gasteiger partial charge in [-0.05, 0) is 12.1 Å². The van der Waals surface area contributed by atoms with E-state index < -0.39 is 17.5 Å². The van der Waals surface area contributed by atoms with Gasteiger partial charge in [-0.1, -0.05) is 0 Å². The van der Waals surface area contributed by atoms with Gasteiger partial charge in [0, 0.05) is 5.56 Å². The summed E-state index contributed by atoms with van der Waals surface area (Å²) < 4.78 is 39.0. The number of fused-ring (bicyclic) bond motifs is 1. The van der Waals surface area contributed by atoms with E-state index in [4.69, 9.17) is 0 Å². The molecule has 3 aromatic rings. The first-order valence-corrected chi connectivity index (χ1v) is 4.96. The van der Waals surface area contributed by atoms with Crippen LogP contribution in [0.15, 0.2) is 24.7 Å². The summed E-state index contributed by atoms with van der Waals surface area (Å²) in [5.74, 6) is -3.84. The first-order valence-electron chi connectivity index (χ1n) is 4.96. The Labute approximate surface area is 98.5 Å². The van der Waals surface area contributed by atoms with E-state index in [1.807, 2.05) is 0 Å². The van der Waals surface area contributed by atoms with E-state index in [0.717, 1.165) is 12.1 Å². The van der Waals surface area contributed by atoms with Crippen molar-refractivity contribution in [3.63, 3.8) is 0 Å². The maximum absolute atomic E-state index is 13.1. The van der Waals surface area contributed by atoms with E-state index >= 15 is 0 Å². The minimum Gasteiger partial charge on any atom is -0.335 e. The minimum absolute atomic E-state index is 0.101. The maximum atomic E-state index is 13.1. The van der Waals surface area contributed by atoms with Gasteiger partial charge >= 0.3 is 0 Å². The predicted molar refractivity (Wildman–Crippen MR) is 57.0 cm³/mol. The summed E-state index contributed by atoms with van der Waals surface area (Å²) in [6.07, 6.45) is 2.79. The van der Waals surface area contributed by atoms with Gasteiger partial charge < -0.3 is 4.98 Å². The fraction of sp³-hybridized carbons (Fsp3) is 0.